The molecule has 2 aromatic carbocycles. The number of aliphatic hydroxyl groups excluding tert-OH is 1. The summed E-state index contributed by atoms with van der Waals surface area (Å²) >= 11 is 0. The third-order valence-corrected chi connectivity index (χ3v) is 9.39. The van der Waals surface area contributed by atoms with Crippen LogP contribution in [0.15, 0.2) is 41.3 Å². The number of esters is 1. The zero-order valence-corrected chi connectivity index (χ0v) is 25.0. The number of aliphatic hydroxyl groups is 1. The quantitative estimate of drug-likeness (QED) is 0.269. The van der Waals surface area contributed by atoms with Gasteiger partial charge >= 0.3 is 11.5 Å². The number of benzene rings is 2. The maximum Gasteiger partial charge on any atom is 0.501 e. The Hall–Kier alpha value is -3.92. The molecule has 11 nitrogen and oxygen atoms in total. The van der Waals surface area contributed by atoms with Crippen molar-refractivity contribution in [3.8, 4) is 11.5 Å². The molecule has 16 heteroatoms. The molecule has 3 N–H and O–H groups in total. The number of nitrogens with one attached hydrogen (secondary N) is 2. The van der Waals surface area contributed by atoms with Crippen molar-refractivity contribution < 1.29 is 59.7 Å². The van der Waals surface area contributed by atoms with Crippen LogP contribution in [0.25, 0.3) is 0 Å². The minimum Gasteiger partial charge on any atom is -0.496 e. The van der Waals surface area contributed by atoms with E-state index in [1.807, 2.05) is 0 Å². The molecule has 0 spiro atoms. The lowest BCUT2D eigenvalue weighted by Gasteiger charge is -2.28. The fourth-order valence-electron chi connectivity index (χ4n) is 5.55. The summed E-state index contributed by atoms with van der Waals surface area (Å²) in [5, 5.41) is 15.3. The van der Waals surface area contributed by atoms with Gasteiger partial charge in [-0.25, -0.2) is 12.8 Å². The van der Waals surface area contributed by atoms with E-state index in [9.17, 15) is 45.5 Å². The lowest BCUT2D eigenvalue weighted by molar-refractivity contribution is -0.147. The second-order valence-corrected chi connectivity index (χ2v) is 12.8. The number of rotatable bonds is 9. The Labute approximate surface area is 256 Å². The van der Waals surface area contributed by atoms with Crippen LogP contribution in [0.2, 0.25) is 0 Å². The maximum absolute atomic E-state index is 14.9. The molecule has 0 bridgehead atoms. The van der Waals surface area contributed by atoms with Crippen LogP contribution in [-0.4, -0.2) is 69.3 Å². The van der Waals surface area contributed by atoms with Gasteiger partial charge in [0.25, 0.3) is 15.7 Å². The van der Waals surface area contributed by atoms with Crippen molar-refractivity contribution in [2.45, 2.75) is 67.2 Å². The van der Waals surface area contributed by atoms with Gasteiger partial charge in [-0.15, -0.1) is 0 Å². The van der Waals surface area contributed by atoms with E-state index in [0.717, 1.165) is 24.3 Å². The van der Waals surface area contributed by atoms with Crippen LogP contribution in [0, 0.1) is 17.7 Å². The van der Waals surface area contributed by atoms with Gasteiger partial charge in [-0.3, -0.25) is 14.4 Å². The SMILES string of the molecule is COc1cc(F)c(O[C@H]2CC[C@@H](C(=O)OC)CC2)cc1C(=O)N[C@@H]1C[C@H](O)C[C@@H]1C(=O)Nc1cccc(S(=O)(=O)C(F)(F)F)c1. The van der Waals surface area contributed by atoms with Gasteiger partial charge < -0.3 is 30.0 Å². The predicted octanol–water partition coefficient (Wildman–Crippen LogP) is 3.75. The molecule has 2 amide bonds. The smallest absolute Gasteiger partial charge is 0.496 e. The number of sulfone groups is 1. The molecule has 0 aromatic heterocycles. The normalized spacial score (nSPS) is 23.6. The molecule has 45 heavy (non-hydrogen) atoms. The Balaban J connectivity index is 1.47. The summed E-state index contributed by atoms with van der Waals surface area (Å²) in [5.41, 5.74) is -5.90. The maximum atomic E-state index is 14.9. The van der Waals surface area contributed by atoms with E-state index in [0.29, 0.717) is 31.7 Å². The van der Waals surface area contributed by atoms with Crippen LogP contribution in [-0.2, 0) is 24.2 Å². The molecule has 0 unspecified atom stereocenters. The average Bonchev–Trinajstić information content (AvgIpc) is 3.37. The number of hydrogen-bond acceptors (Lipinski definition) is 9. The zero-order valence-electron chi connectivity index (χ0n) is 24.2. The van der Waals surface area contributed by atoms with Gasteiger partial charge in [-0.2, -0.15) is 13.2 Å². The number of carbonyl (C=O) groups excluding carboxylic acids is 3. The van der Waals surface area contributed by atoms with Crippen molar-refractivity contribution in [3.63, 3.8) is 0 Å². The van der Waals surface area contributed by atoms with Crippen LogP contribution >= 0.6 is 0 Å². The molecule has 2 aromatic rings. The molecule has 0 heterocycles. The van der Waals surface area contributed by atoms with Gasteiger partial charge in [0.05, 0.1) is 48.7 Å². The second kappa shape index (κ2) is 13.6. The highest BCUT2D eigenvalue weighted by molar-refractivity contribution is 7.92. The largest absolute Gasteiger partial charge is 0.501 e. The molecule has 0 radical (unpaired) electrons. The van der Waals surface area contributed by atoms with Crippen LogP contribution in [0.4, 0.5) is 23.2 Å². The molecule has 3 atom stereocenters. The summed E-state index contributed by atoms with van der Waals surface area (Å²) in [6, 6.07) is 4.79. The molecule has 2 fully saturated rings. The molecule has 2 aliphatic rings. The minimum atomic E-state index is -5.67. The highest BCUT2D eigenvalue weighted by atomic mass is 32.2. The Morgan fingerprint density at radius 1 is 0.978 bits per heavy atom. The molecule has 2 saturated carbocycles. The van der Waals surface area contributed by atoms with E-state index in [2.05, 4.69) is 10.6 Å². The first kappa shape index (κ1) is 34.0. The number of hydrogen-bond donors (Lipinski definition) is 3. The third kappa shape index (κ3) is 7.66. The second-order valence-electron chi connectivity index (χ2n) is 10.9. The van der Waals surface area contributed by atoms with Crippen LogP contribution in [0.1, 0.15) is 48.9 Å². The first-order valence-electron chi connectivity index (χ1n) is 14.0. The number of halogens is 4. The minimum absolute atomic E-state index is 0.0530. The number of anilines is 1. The van der Waals surface area contributed by atoms with Gasteiger partial charge in [0.2, 0.25) is 5.91 Å². The standard InChI is InChI=1S/C29H32F4N2O9S/c1-42-24-14-22(30)25(44-18-8-6-15(7-9-18)28(39)43-2)13-21(24)27(38)35-23-12-17(36)11-20(23)26(37)34-16-4-3-5-19(10-16)45(40,41)29(31,32)33/h3-5,10,13-15,17-18,20,23,36H,6-9,11-12H2,1-2H3,(H,34,37)(H,35,38)/t15-,17-,18+,20+,23-/m1/s1. The van der Waals surface area contributed by atoms with Crippen molar-refractivity contribution in [1.82, 2.24) is 5.32 Å². The number of amides is 2. The van der Waals surface area contributed by atoms with Gasteiger partial charge in [0.15, 0.2) is 11.6 Å². The van der Waals surface area contributed by atoms with E-state index >= 15 is 0 Å². The van der Waals surface area contributed by atoms with Crippen molar-refractivity contribution in [2.24, 2.45) is 11.8 Å². The fourth-order valence-corrected chi connectivity index (χ4v) is 6.36. The molecule has 246 valence electrons. The Morgan fingerprint density at radius 3 is 2.29 bits per heavy atom. The summed E-state index contributed by atoms with van der Waals surface area (Å²) in [4.78, 5) is 37.2. The summed E-state index contributed by atoms with van der Waals surface area (Å²) in [6.45, 7) is 0. The zero-order chi connectivity index (χ0) is 33.1. The number of ether oxygens (including phenoxy) is 3. The Morgan fingerprint density at radius 2 is 1.67 bits per heavy atom. The van der Waals surface area contributed by atoms with Crippen molar-refractivity contribution in [1.29, 1.82) is 0 Å². The fraction of sp³-hybridized carbons (Fsp3) is 0.483. The van der Waals surface area contributed by atoms with E-state index in [-0.39, 0.29) is 47.5 Å². The Kier molecular flexibility index (Phi) is 10.3. The monoisotopic (exact) mass is 660 g/mol. The number of methoxy groups -OCH3 is 2. The highest BCUT2D eigenvalue weighted by Crippen LogP contribution is 2.35. The third-order valence-electron chi connectivity index (χ3n) is 7.91. The van der Waals surface area contributed by atoms with E-state index in [1.165, 1.54) is 20.3 Å². The molecule has 2 aliphatic carbocycles. The predicted molar refractivity (Wildman–Crippen MR) is 150 cm³/mol. The number of alkyl halides is 3. The van der Waals surface area contributed by atoms with Crippen LogP contribution in [0.5, 0.6) is 11.5 Å². The highest BCUT2D eigenvalue weighted by Gasteiger charge is 2.47. The first-order chi connectivity index (χ1) is 21.1. The van der Waals surface area contributed by atoms with Crippen molar-refractivity contribution in [2.75, 3.05) is 19.5 Å². The number of carbonyl (C=O) groups is 3. The van der Waals surface area contributed by atoms with Crippen molar-refractivity contribution in [3.05, 3.63) is 47.8 Å². The van der Waals surface area contributed by atoms with Crippen molar-refractivity contribution >= 4 is 33.3 Å². The molecular weight excluding hydrogens is 628 g/mol. The summed E-state index contributed by atoms with van der Waals surface area (Å²) in [5.74, 6) is -4.36. The summed E-state index contributed by atoms with van der Waals surface area (Å²) in [7, 11) is -3.13. The Bertz CT molecular complexity index is 1540. The summed E-state index contributed by atoms with van der Waals surface area (Å²) in [6.07, 6.45) is 0.271. The van der Waals surface area contributed by atoms with Gasteiger partial charge in [0.1, 0.15) is 5.75 Å². The van der Waals surface area contributed by atoms with E-state index in [4.69, 9.17) is 14.2 Å². The average molecular weight is 661 g/mol. The summed E-state index contributed by atoms with van der Waals surface area (Å²) < 4.78 is 93.2. The molecular formula is C29H32F4N2O9S. The molecule has 0 saturated heterocycles. The first-order valence-corrected chi connectivity index (χ1v) is 15.5. The molecule has 0 aliphatic heterocycles. The van der Waals surface area contributed by atoms with E-state index in [1.54, 1.807) is 0 Å². The molecule has 4 rings (SSSR count). The van der Waals surface area contributed by atoms with Crippen LogP contribution < -0.4 is 20.1 Å². The lowest BCUT2D eigenvalue weighted by atomic mass is 9.87. The van der Waals surface area contributed by atoms with Gasteiger partial charge in [-0.1, -0.05) is 6.07 Å². The van der Waals surface area contributed by atoms with Gasteiger partial charge in [0, 0.05) is 17.8 Å². The lowest BCUT2D eigenvalue weighted by Crippen LogP contribution is -2.42. The van der Waals surface area contributed by atoms with E-state index < -0.39 is 62.0 Å². The topological polar surface area (TPSA) is 157 Å². The van der Waals surface area contributed by atoms with Crippen LogP contribution in [0.3, 0.4) is 0 Å². The van der Waals surface area contributed by atoms with Gasteiger partial charge in [-0.05, 0) is 62.8 Å².